The number of nitrogens with zero attached hydrogens (tertiary/aromatic N) is 3. The second-order valence-electron chi connectivity index (χ2n) is 6.28. The number of fused-ring (bicyclic) bond motifs is 1. The third kappa shape index (κ3) is 2.83. The number of hydrogen-bond acceptors (Lipinski definition) is 5. The molecule has 1 fully saturated rings. The smallest absolute Gasteiger partial charge is 0.163 e. The lowest BCUT2D eigenvalue weighted by Crippen LogP contribution is -2.27. The molecule has 1 saturated carbocycles. The van der Waals surface area contributed by atoms with Crippen molar-refractivity contribution >= 4 is 16.7 Å². The molecule has 1 aromatic carbocycles. The molecule has 0 radical (unpaired) electrons. The number of hydrogen-bond donors (Lipinski definition) is 2. The van der Waals surface area contributed by atoms with Crippen molar-refractivity contribution in [2.75, 3.05) is 11.9 Å². The van der Waals surface area contributed by atoms with Crippen molar-refractivity contribution in [3.8, 4) is 11.4 Å². The molecule has 5 heteroatoms. The molecule has 122 valence electrons. The molecule has 1 aliphatic rings. The van der Waals surface area contributed by atoms with E-state index in [-0.39, 0.29) is 12.6 Å². The van der Waals surface area contributed by atoms with Gasteiger partial charge < -0.3 is 10.4 Å². The molecule has 24 heavy (non-hydrogen) atoms. The van der Waals surface area contributed by atoms with Gasteiger partial charge in [-0.15, -0.1) is 0 Å². The van der Waals surface area contributed by atoms with Crippen LogP contribution in [0.2, 0.25) is 0 Å². The first kappa shape index (κ1) is 15.0. The van der Waals surface area contributed by atoms with Gasteiger partial charge in [0, 0.05) is 41.9 Å². The average molecular weight is 320 g/mol. The number of anilines is 1. The molecule has 2 atom stereocenters. The quantitative estimate of drug-likeness (QED) is 0.772. The Labute approximate surface area is 140 Å². The number of benzene rings is 1. The lowest BCUT2D eigenvalue weighted by atomic mass is 10.0. The van der Waals surface area contributed by atoms with E-state index >= 15 is 0 Å². The largest absolute Gasteiger partial charge is 0.396 e. The van der Waals surface area contributed by atoms with Gasteiger partial charge >= 0.3 is 0 Å². The Morgan fingerprint density at radius 1 is 1.08 bits per heavy atom. The number of nitrogens with one attached hydrogen (secondary N) is 1. The third-order valence-corrected chi connectivity index (χ3v) is 4.74. The normalized spacial score (nSPS) is 20.4. The summed E-state index contributed by atoms with van der Waals surface area (Å²) in [5.74, 6) is 1.80. The minimum Gasteiger partial charge on any atom is -0.396 e. The van der Waals surface area contributed by atoms with Gasteiger partial charge in [0.25, 0.3) is 0 Å². The SMILES string of the molecule is OC[C@@H]1CCC[C@@H]1Nc1nc(-c2cccnc2)nc2ccccc12. The van der Waals surface area contributed by atoms with Crippen LogP contribution in [0.1, 0.15) is 19.3 Å². The van der Waals surface area contributed by atoms with Crippen molar-refractivity contribution in [3.05, 3.63) is 48.8 Å². The monoisotopic (exact) mass is 320 g/mol. The van der Waals surface area contributed by atoms with Gasteiger partial charge in [-0.1, -0.05) is 18.6 Å². The maximum Gasteiger partial charge on any atom is 0.163 e. The zero-order valence-electron chi connectivity index (χ0n) is 13.4. The van der Waals surface area contributed by atoms with Crippen molar-refractivity contribution < 1.29 is 5.11 Å². The molecule has 0 amide bonds. The summed E-state index contributed by atoms with van der Waals surface area (Å²) in [7, 11) is 0. The fraction of sp³-hybridized carbons (Fsp3) is 0.316. The zero-order chi connectivity index (χ0) is 16.4. The Balaban J connectivity index is 1.78. The summed E-state index contributed by atoms with van der Waals surface area (Å²) < 4.78 is 0. The van der Waals surface area contributed by atoms with Gasteiger partial charge in [0.15, 0.2) is 5.82 Å². The Morgan fingerprint density at radius 2 is 2.00 bits per heavy atom. The summed E-state index contributed by atoms with van der Waals surface area (Å²) in [6.07, 6.45) is 6.79. The molecular weight excluding hydrogens is 300 g/mol. The van der Waals surface area contributed by atoms with Crippen molar-refractivity contribution in [1.82, 2.24) is 15.0 Å². The third-order valence-electron chi connectivity index (χ3n) is 4.74. The number of rotatable bonds is 4. The van der Waals surface area contributed by atoms with E-state index in [1.54, 1.807) is 12.4 Å². The summed E-state index contributed by atoms with van der Waals surface area (Å²) in [6.45, 7) is 0.218. The summed E-state index contributed by atoms with van der Waals surface area (Å²) in [5, 5.41) is 14.2. The van der Waals surface area contributed by atoms with Crippen LogP contribution < -0.4 is 5.32 Å². The van der Waals surface area contributed by atoms with Crippen molar-refractivity contribution in [2.24, 2.45) is 5.92 Å². The minimum absolute atomic E-state index is 0.218. The van der Waals surface area contributed by atoms with Crippen LogP contribution in [0.4, 0.5) is 5.82 Å². The molecule has 0 aliphatic heterocycles. The van der Waals surface area contributed by atoms with Crippen molar-refractivity contribution in [3.63, 3.8) is 0 Å². The highest BCUT2D eigenvalue weighted by atomic mass is 16.3. The summed E-state index contributed by atoms with van der Waals surface area (Å²) in [6, 6.07) is 12.1. The van der Waals surface area contributed by atoms with Crippen LogP contribution >= 0.6 is 0 Å². The first-order valence-electron chi connectivity index (χ1n) is 8.40. The minimum atomic E-state index is 0.218. The molecule has 3 aromatic rings. The van der Waals surface area contributed by atoms with E-state index in [2.05, 4.69) is 15.3 Å². The van der Waals surface area contributed by atoms with Crippen molar-refractivity contribution in [1.29, 1.82) is 0 Å². The van der Waals surface area contributed by atoms with E-state index in [9.17, 15) is 5.11 Å². The standard InChI is InChI=1S/C19H20N4O/c24-12-14-5-3-9-16(14)21-19-15-7-1-2-8-17(15)22-18(23-19)13-6-4-10-20-11-13/h1-2,4,6-8,10-11,14,16,24H,3,5,9,12H2,(H,21,22,23)/t14-,16-/m0/s1. The van der Waals surface area contributed by atoms with Gasteiger partial charge in [-0.05, 0) is 37.1 Å². The maximum atomic E-state index is 9.58. The van der Waals surface area contributed by atoms with Gasteiger partial charge in [-0.25, -0.2) is 9.97 Å². The Kier molecular flexibility index (Phi) is 4.09. The number of aliphatic hydroxyl groups excluding tert-OH is 1. The Bertz CT molecular complexity index is 837. The van der Waals surface area contributed by atoms with E-state index in [4.69, 9.17) is 4.98 Å². The van der Waals surface area contributed by atoms with Gasteiger partial charge in [-0.2, -0.15) is 0 Å². The molecule has 0 bridgehead atoms. The van der Waals surface area contributed by atoms with Crippen LogP contribution in [0.25, 0.3) is 22.3 Å². The van der Waals surface area contributed by atoms with E-state index in [1.807, 2.05) is 36.4 Å². The lowest BCUT2D eigenvalue weighted by Gasteiger charge is -2.21. The average Bonchev–Trinajstić information content (AvgIpc) is 3.09. The summed E-state index contributed by atoms with van der Waals surface area (Å²) >= 11 is 0. The fourth-order valence-corrected chi connectivity index (χ4v) is 3.43. The molecule has 4 rings (SSSR count). The molecule has 2 N–H and O–H groups in total. The molecule has 0 unspecified atom stereocenters. The van der Waals surface area contributed by atoms with Crippen LogP contribution in [0.5, 0.6) is 0 Å². The fourth-order valence-electron chi connectivity index (χ4n) is 3.43. The Hall–Kier alpha value is -2.53. The maximum absolute atomic E-state index is 9.58. The number of aromatic nitrogens is 3. The van der Waals surface area contributed by atoms with Crippen LogP contribution in [0.15, 0.2) is 48.8 Å². The van der Waals surface area contributed by atoms with Gasteiger partial charge in [0.05, 0.1) is 5.52 Å². The first-order valence-corrected chi connectivity index (χ1v) is 8.40. The molecule has 0 saturated heterocycles. The topological polar surface area (TPSA) is 70.9 Å². The highest BCUT2D eigenvalue weighted by Crippen LogP contribution is 2.31. The predicted octanol–water partition coefficient (Wildman–Crippen LogP) is 3.26. The molecule has 1 aliphatic carbocycles. The number of pyridine rings is 1. The van der Waals surface area contributed by atoms with Crippen molar-refractivity contribution in [2.45, 2.75) is 25.3 Å². The molecular formula is C19H20N4O. The van der Waals surface area contributed by atoms with Crippen LogP contribution in [-0.4, -0.2) is 32.7 Å². The van der Waals surface area contributed by atoms with E-state index < -0.39 is 0 Å². The number of para-hydroxylation sites is 1. The van der Waals surface area contributed by atoms with Crippen LogP contribution in [0.3, 0.4) is 0 Å². The second-order valence-corrected chi connectivity index (χ2v) is 6.28. The van der Waals surface area contributed by atoms with E-state index in [0.717, 1.165) is 41.5 Å². The highest BCUT2D eigenvalue weighted by molar-refractivity contribution is 5.90. The second kappa shape index (κ2) is 6.53. The summed E-state index contributed by atoms with van der Waals surface area (Å²) in [4.78, 5) is 13.6. The summed E-state index contributed by atoms with van der Waals surface area (Å²) in [5.41, 5.74) is 1.81. The Morgan fingerprint density at radius 3 is 2.83 bits per heavy atom. The van der Waals surface area contributed by atoms with Crippen LogP contribution in [0, 0.1) is 5.92 Å². The highest BCUT2D eigenvalue weighted by Gasteiger charge is 2.27. The van der Waals surface area contributed by atoms with E-state index in [1.165, 1.54) is 0 Å². The van der Waals surface area contributed by atoms with Gasteiger partial charge in [-0.3, -0.25) is 4.98 Å². The zero-order valence-corrected chi connectivity index (χ0v) is 13.4. The first-order chi connectivity index (χ1) is 11.8. The predicted molar refractivity (Wildman–Crippen MR) is 94.6 cm³/mol. The molecule has 2 heterocycles. The van der Waals surface area contributed by atoms with Gasteiger partial charge in [0.2, 0.25) is 0 Å². The van der Waals surface area contributed by atoms with Crippen LogP contribution in [-0.2, 0) is 0 Å². The van der Waals surface area contributed by atoms with Gasteiger partial charge in [0.1, 0.15) is 5.82 Å². The molecule has 0 spiro atoms. The number of aliphatic hydroxyl groups is 1. The molecule has 5 nitrogen and oxygen atoms in total. The molecule has 2 aromatic heterocycles. The van der Waals surface area contributed by atoms with E-state index in [0.29, 0.717) is 11.7 Å². The lowest BCUT2D eigenvalue weighted by molar-refractivity contribution is 0.222.